The molecule has 2 rings (SSSR count). The molecule has 2 aromatic rings. The highest BCUT2D eigenvalue weighted by molar-refractivity contribution is 14.1. The van der Waals surface area contributed by atoms with E-state index < -0.39 is 14.0 Å². The van der Waals surface area contributed by atoms with Crippen LogP contribution in [0.1, 0.15) is 17.5 Å². The van der Waals surface area contributed by atoms with Crippen molar-refractivity contribution in [2.75, 3.05) is 13.2 Å². The average molecular weight is 446 g/mol. The number of rotatable bonds is 7. The zero-order valence-electron chi connectivity index (χ0n) is 14.1. The van der Waals surface area contributed by atoms with Crippen molar-refractivity contribution in [2.24, 2.45) is 0 Å². The molecule has 0 unspecified atom stereocenters. The van der Waals surface area contributed by atoms with Gasteiger partial charge in [-0.1, -0.05) is 19.6 Å². The van der Waals surface area contributed by atoms with Crippen LogP contribution in [-0.2, 0) is 16.2 Å². The van der Waals surface area contributed by atoms with E-state index in [0.717, 1.165) is 20.6 Å². The van der Waals surface area contributed by atoms with Gasteiger partial charge < -0.3 is 9.47 Å². The molecule has 0 N–H and O–H groups in total. The van der Waals surface area contributed by atoms with Gasteiger partial charge in [0.05, 0.1) is 17.6 Å². The summed E-state index contributed by atoms with van der Waals surface area (Å²) in [5, 5.41) is 0. The molecule has 0 aliphatic heterocycles. The smallest absolute Gasteiger partial charge is 0.374 e. The van der Waals surface area contributed by atoms with Gasteiger partial charge in [0, 0.05) is 18.3 Å². The molecule has 7 heteroatoms. The Morgan fingerprint density at radius 2 is 2.09 bits per heavy atom. The Labute approximate surface area is 151 Å². The summed E-state index contributed by atoms with van der Waals surface area (Å²) >= 11 is 2.23. The van der Waals surface area contributed by atoms with Gasteiger partial charge in [0.15, 0.2) is 0 Å². The summed E-state index contributed by atoms with van der Waals surface area (Å²) in [6, 6.07) is 7.01. The molecule has 0 amide bonds. The largest absolute Gasteiger partial charge is 0.460 e. The van der Waals surface area contributed by atoms with E-state index in [2.05, 4.69) is 47.2 Å². The Balaban J connectivity index is 2.24. The number of carbonyl (C=O) groups is 1. The van der Waals surface area contributed by atoms with E-state index in [1.807, 2.05) is 18.2 Å². The third-order valence-corrected chi connectivity index (χ3v) is 5.76. The highest BCUT2D eigenvalue weighted by Crippen LogP contribution is 2.20. The van der Waals surface area contributed by atoms with Crippen LogP contribution < -0.4 is 0 Å². The molecular formula is C16H23IN2O3Si. The highest BCUT2D eigenvalue weighted by atomic mass is 127. The van der Waals surface area contributed by atoms with Gasteiger partial charge in [-0.3, -0.25) is 4.57 Å². The van der Waals surface area contributed by atoms with E-state index >= 15 is 0 Å². The minimum atomic E-state index is -1.13. The van der Waals surface area contributed by atoms with Gasteiger partial charge in [-0.05, 0) is 53.8 Å². The van der Waals surface area contributed by atoms with Crippen molar-refractivity contribution < 1.29 is 14.3 Å². The molecule has 0 aliphatic rings. The molecule has 0 bridgehead atoms. The second-order valence-electron chi connectivity index (χ2n) is 6.56. The first-order chi connectivity index (χ1) is 10.8. The fraction of sp³-hybridized carbons (Fsp3) is 0.500. The molecule has 0 aliphatic carbocycles. The van der Waals surface area contributed by atoms with E-state index in [1.165, 1.54) is 0 Å². The standard InChI is InChI=1S/C16H23IN2O3Si/c1-5-22-16(20)15-18-13-10-12(17)6-7-14(13)19(15)11-21-8-9-23(2,3)4/h6-7,10H,5,8-9,11H2,1-4H3. The molecule has 0 atom stereocenters. The van der Waals surface area contributed by atoms with E-state index in [1.54, 1.807) is 11.5 Å². The number of esters is 1. The van der Waals surface area contributed by atoms with Crippen LogP contribution in [0.15, 0.2) is 18.2 Å². The number of benzene rings is 1. The zero-order valence-corrected chi connectivity index (χ0v) is 17.2. The second-order valence-corrected chi connectivity index (χ2v) is 13.4. The lowest BCUT2D eigenvalue weighted by molar-refractivity contribution is 0.0468. The van der Waals surface area contributed by atoms with Gasteiger partial charge in [-0.15, -0.1) is 0 Å². The van der Waals surface area contributed by atoms with Crippen molar-refractivity contribution >= 4 is 47.7 Å². The van der Waals surface area contributed by atoms with Crippen LogP contribution in [0, 0.1) is 3.57 Å². The molecule has 0 spiro atoms. The number of aromatic nitrogens is 2. The summed E-state index contributed by atoms with van der Waals surface area (Å²) in [4.78, 5) is 16.6. The molecular weight excluding hydrogens is 423 g/mol. The van der Waals surface area contributed by atoms with Crippen LogP contribution in [0.2, 0.25) is 25.7 Å². The molecule has 1 heterocycles. The number of fused-ring (bicyclic) bond motifs is 1. The number of hydrogen-bond donors (Lipinski definition) is 0. The van der Waals surface area contributed by atoms with Crippen molar-refractivity contribution in [1.29, 1.82) is 0 Å². The number of carbonyl (C=O) groups excluding carboxylic acids is 1. The summed E-state index contributed by atoms with van der Waals surface area (Å²) in [6.45, 7) is 10.1. The molecule has 1 aromatic heterocycles. The van der Waals surface area contributed by atoms with Gasteiger partial charge in [-0.25, -0.2) is 9.78 Å². The van der Waals surface area contributed by atoms with Crippen LogP contribution >= 0.6 is 22.6 Å². The lowest BCUT2D eigenvalue weighted by Crippen LogP contribution is -2.22. The number of ether oxygens (including phenoxy) is 2. The molecule has 0 fully saturated rings. The second kappa shape index (κ2) is 7.76. The van der Waals surface area contributed by atoms with Crippen LogP contribution in [-0.4, -0.2) is 36.8 Å². The number of imidazole rings is 1. The predicted octanol–water partition coefficient (Wildman–Crippen LogP) is 4.13. The third-order valence-electron chi connectivity index (χ3n) is 3.39. The summed E-state index contributed by atoms with van der Waals surface area (Å²) in [7, 11) is -1.13. The van der Waals surface area contributed by atoms with Crippen molar-refractivity contribution in [3.05, 3.63) is 27.6 Å². The Hall–Kier alpha value is -0.933. The van der Waals surface area contributed by atoms with E-state index in [0.29, 0.717) is 25.8 Å². The van der Waals surface area contributed by atoms with E-state index in [9.17, 15) is 4.79 Å². The molecule has 0 radical (unpaired) electrons. The van der Waals surface area contributed by atoms with Crippen LogP contribution in [0.4, 0.5) is 0 Å². The van der Waals surface area contributed by atoms with Crippen LogP contribution in [0.5, 0.6) is 0 Å². The normalized spacial score (nSPS) is 11.9. The van der Waals surface area contributed by atoms with Gasteiger partial charge in [0.25, 0.3) is 0 Å². The van der Waals surface area contributed by atoms with Crippen molar-refractivity contribution in [3.8, 4) is 0 Å². The van der Waals surface area contributed by atoms with Crippen molar-refractivity contribution in [2.45, 2.75) is 39.3 Å². The maximum absolute atomic E-state index is 12.2. The first kappa shape index (κ1) is 18.4. The fourth-order valence-corrected chi connectivity index (χ4v) is 3.35. The monoisotopic (exact) mass is 446 g/mol. The number of hydrogen-bond acceptors (Lipinski definition) is 4. The lowest BCUT2D eigenvalue weighted by Gasteiger charge is -2.16. The Bertz CT molecular complexity index is 694. The molecule has 126 valence electrons. The molecule has 23 heavy (non-hydrogen) atoms. The van der Waals surface area contributed by atoms with E-state index in [4.69, 9.17) is 9.47 Å². The number of nitrogens with zero attached hydrogens (tertiary/aromatic N) is 2. The maximum Gasteiger partial charge on any atom is 0.374 e. The minimum absolute atomic E-state index is 0.303. The third kappa shape index (κ3) is 5.02. The maximum atomic E-state index is 12.2. The van der Waals surface area contributed by atoms with Gasteiger partial charge >= 0.3 is 5.97 Å². The topological polar surface area (TPSA) is 53.3 Å². The molecule has 0 saturated heterocycles. The summed E-state index contributed by atoms with van der Waals surface area (Å²) in [6.07, 6.45) is 0. The average Bonchev–Trinajstić information content (AvgIpc) is 2.80. The fourth-order valence-electron chi connectivity index (χ4n) is 2.12. The lowest BCUT2D eigenvalue weighted by atomic mass is 10.3. The van der Waals surface area contributed by atoms with Gasteiger partial charge in [0.2, 0.25) is 5.82 Å². The van der Waals surface area contributed by atoms with Gasteiger partial charge in [-0.2, -0.15) is 0 Å². The van der Waals surface area contributed by atoms with Crippen LogP contribution in [0.25, 0.3) is 11.0 Å². The van der Waals surface area contributed by atoms with Crippen molar-refractivity contribution in [3.63, 3.8) is 0 Å². The molecule has 1 aromatic carbocycles. The van der Waals surface area contributed by atoms with E-state index in [-0.39, 0.29) is 0 Å². The SMILES string of the molecule is CCOC(=O)c1nc2cc(I)ccc2n1COCC[Si](C)(C)C. The predicted molar refractivity (Wildman–Crippen MR) is 103 cm³/mol. The number of halogens is 1. The molecule has 0 saturated carbocycles. The first-order valence-corrected chi connectivity index (χ1v) is 12.5. The Morgan fingerprint density at radius 3 is 2.74 bits per heavy atom. The summed E-state index contributed by atoms with van der Waals surface area (Å²) in [5.41, 5.74) is 1.68. The highest BCUT2D eigenvalue weighted by Gasteiger charge is 2.19. The minimum Gasteiger partial charge on any atom is -0.460 e. The summed E-state index contributed by atoms with van der Waals surface area (Å²) in [5.74, 6) is -0.107. The Kier molecular flexibility index (Phi) is 6.21. The Morgan fingerprint density at radius 1 is 1.35 bits per heavy atom. The molecule has 5 nitrogen and oxygen atoms in total. The van der Waals surface area contributed by atoms with Crippen LogP contribution in [0.3, 0.4) is 0 Å². The first-order valence-electron chi connectivity index (χ1n) is 7.72. The van der Waals surface area contributed by atoms with Gasteiger partial charge in [0.1, 0.15) is 6.73 Å². The summed E-state index contributed by atoms with van der Waals surface area (Å²) < 4.78 is 13.8. The van der Waals surface area contributed by atoms with Crippen molar-refractivity contribution in [1.82, 2.24) is 9.55 Å². The quantitative estimate of drug-likeness (QED) is 0.278. The zero-order chi connectivity index (χ0) is 17.0.